The number of H-pyrrole nitrogens is 1. The Kier molecular flexibility index (Phi) is 5.35. The highest BCUT2D eigenvalue weighted by atomic mass is 79.9. The maximum atomic E-state index is 12.8. The summed E-state index contributed by atoms with van der Waals surface area (Å²) >= 11 is 4.78. The summed E-state index contributed by atoms with van der Waals surface area (Å²) in [5, 5.41) is 0.691. The van der Waals surface area contributed by atoms with Crippen LogP contribution in [0.25, 0.3) is 11.3 Å². The van der Waals surface area contributed by atoms with E-state index in [1.54, 1.807) is 6.20 Å². The summed E-state index contributed by atoms with van der Waals surface area (Å²) in [5.74, 6) is 0.566. The molecule has 2 aromatic rings. The lowest BCUT2D eigenvalue weighted by Crippen LogP contribution is -2.43. The van der Waals surface area contributed by atoms with Crippen LogP contribution < -0.4 is 0 Å². The average Bonchev–Trinajstić information content (AvgIpc) is 3.22. The molecule has 1 saturated carbocycles. The predicted octanol–water partition coefficient (Wildman–Crippen LogP) is 3.11. The molecule has 4 rings (SSSR count). The Morgan fingerprint density at radius 2 is 1.96 bits per heavy atom. The van der Waals surface area contributed by atoms with Gasteiger partial charge in [0.2, 0.25) is 5.91 Å². The molecule has 27 heavy (non-hydrogen) atoms. The Bertz CT molecular complexity index is 939. The highest BCUT2D eigenvalue weighted by Crippen LogP contribution is 2.33. The van der Waals surface area contributed by atoms with E-state index in [0.717, 1.165) is 28.6 Å². The molecule has 1 aliphatic carbocycles. The van der Waals surface area contributed by atoms with Crippen LogP contribution in [0.5, 0.6) is 0 Å². The number of hydrogen-bond acceptors (Lipinski definition) is 5. The summed E-state index contributed by atoms with van der Waals surface area (Å²) in [6.45, 7) is 0. The molecular formula is C18H20BrN3O3S2. The van der Waals surface area contributed by atoms with Crippen molar-refractivity contribution in [3.63, 3.8) is 0 Å². The van der Waals surface area contributed by atoms with Gasteiger partial charge in [-0.15, -0.1) is 0 Å². The number of aromatic nitrogens is 2. The first-order valence-corrected chi connectivity index (χ1v) is 12.5. The number of benzene rings is 1. The quantitative estimate of drug-likeness (QED) is 0.657. The van der Waals surface area contributed by atoms with E-state index in [1.165, 1.54) is 11.8 Å². The summed E-state index contributed by atoms with van der Waals surface area (Å²) in [7, 11) is -3.00. The topological polar surface area (TPSA) is 83.1 Å². The molecule has 1 saturated heterocycles. The van der Waals surface area contributed by atoms with Crippen molar-refractivity contribution in [3.05, 3.63) is 34.9 Å². The van der Waals surface area contributed by atoms with Gasteiger partial charge in [0, 0.05) is 16.6 Å². The molecule has 1 unspecified atom stereocenters. The van der Waals surface area contributed by atoms with Crippen molar-refractivity contribution >= 4 is 43.4 Å². The van der Waals surface area contributed by atoms with E-state index in [2.05, 4.69) is 25.9 Å². The number of aromatic amines is 1. The maximum absolute atomic E-state index is 12.8. The summed E-state index contributed by atoms with van der Waals surface area (Å²) in [5.41, 5.74) is 1.93. The molecule has 1 atom stereocenters. The standard InChI is InChI=1S/C18H20BrN3O3S2/c19-13-3-1-12(2-4-13)16-9-20-18(21-16)26-10-17(23)22(14-5-6-14)15-7-8-27(24,25)11-15/h1-4,9,14-15H,5-8,10-11H2,(H,20,21). The number of amides is 1. The van der Waals surface area contributed by atoms with Crippen molar-refractivity contribution in [1.29, 1.82) is 0 Å². The van der Waals surface area contributed by atoms with Crippen molar-refractivity contribution in [2.45, 2.75) is 36.5 Å². The molecule has 2 aliphatic rings. The highest BCUT2D eigenvalue weighted by molar-refractivity contribution is 9.10. The van der Waals surface area contributed by atoms with Crippen molar-refractivity contribution in [2.24, 2.45) is 0 Å². The van der Waals surface area contributed by atoms with Crippen molar-refractivity contribution in [2.75, 3.05) is 17.3 Å². The lowest BCUT2D eigenvalue weighted by molar-refractivity contribution is -0.130. The van der Waals surface area contributed by atoms with Crippen LogP contribution in [-0.2, 0) is 14.6 Å². The van der Waals surface area contributed by atoms with Crippen LogP contribution in [0, 0.1) is 0 Å². The third-order valence-corrected chi connectivity index (χ3v) is 8.02. The average molecular weight is 470 g/mol. The first-order valence-electron chi connectivity index (χ1n) is 8.86. The molecular weight excluding hydrogens is 450 g/mol. The van der Waals surface area contributed by atoms with Gasteiger partial charge in [0.1, 0.15) is 0 Å². The highest BCUT2D eigenvalue weighted by Gasteiger charge is 2.41. The molecule has 0 spiro atoms. The van der Waals surface area contributed by atoms with E-state index >= 15 is 0 Å². The second-order valence-electron chi connectivity index (χ2n) is 6.99. The van der Waals surface area contributed by atoms with Gasteiger partial charge in [0.25, 0.3) is 0 Å². The lowest BCUT2D eigenvalue weighted by atomic mass is 10.2. The Balaban J connectivity index is 1.39. The van der Waals surface area contributed by atoms with E-state index in [1.807, 2.05) is 29.2 Å². The fourth-order valence-electron chi connectivity index (χ4n) is 3.41. The number of imidazole rings is 1. The second-order valence-corrected chi connectivity index (χ2v) is 11.1. The Hall–Kier alpha value is -1.32. The third-order valence-electron chi connectivity index (χ3n) is 4.87. The molecule has 1 aliphatic heterocycles. The van der Waals surface area contributed by atoms with Gasteiger partial charge in [-0.25, -0.2) is 13.4 Å². The van der Waals surface area contributed by atoms with Gasteiger partial charge in [-0.1, -0.05) is 39.8 Å². The van der Waals surface area contributed by atoms with Gasteiger partial charge in [-0.3, -0.25) is 4.79 Å². The van der Waals surface area contributed by atoms with E-state index in [9.17, 15) is 13.2 Å². The SMILES string of the molecule is O=C(CSc1ncc(-c2ccc(Br)cc2)[nH]1)N(C1CC1)C1CCS(=O)(=O)C1. The first kappa shape index (κ1) is 19.0. The van der Waals surface area contributed by atoms with Crippen LogP contribution in [0.3, 0.4) is 0 Å². The smallest absolute Gasteiger partial charge is 0.233 e. The molecule has 9 heteroatoms. The summed E-state index contributed by atoms with van der Waals surface area (Å²) in [4.78, 5) is 22.2. The minimum absolute atomic E-state index is 0.00573. The molecule has 1 N–H and O–H groups in total. The van der Waals surface area contributed by atoms with Crippen LogP contribution in [0.2, 0.25) is 0 Å². The van der Waals surface area contributed by atoms with Crippen LogP contribution in [-0.4, -0.2) is 58.5 Å². The summed E-state index contributed by atoms with van der Waals surface area (Å²) in [6, 6.07) is 7.97. The first-order chi connectivity index (χ1) is 12.9. The van der Waals surface area contributed by atoms with Crippen molar-refractivity contribution in [1.82, 2.24) is 14.9 Å². The number of nitrogens with zero attached hydrogens (tertiary/aromatic N) is 2. The van der Waals surface area contributed by atoms with Gasteiger partial charge < -0.3 is 9.88 Å². The van der Waals surface area contributed by atoms with Crippen LogP contribution in [0.4, 0.5) is 0 Å². The number of carbonyl (C=O) groups excluding carboxylic acids is 1. The molecule has 1 aromatic heterocycles. The van der Waals surface area contributed by atoms with Crippen molar-refractivity contribution in [3.8, 4) is 11.3 Å². The molecule has 144 valence electrons. The maximum Gasteiger partial charge on any atom is 0.233 e. The number of rotatable bonds is 6. The minimum atomic E-state index is -3.00. The van der Waals surface area contributed by atoms with Crippen LogP contribution in [0.1, 0.15) is 19.3 Å². The number of carbonyl (C=O) groups is 1. The zero-order valence-corrected chi connectivity index (χ0v) is 17.8. The van der Waals surface area contributed by atoms with E-state index in [0.29, 0.717) is 11.6 Å². The van der Waals surface area contributed by atoms with E-state index in [-0.39, 0.29) is 35.2 Å². The zero-order chi connectivity index (χ0) is 19.0. The van der Waals surface area contributed by atoms with E-state index in [4.69, 9.17) is 0 Å². The van der Waals surface area contributed by atoms with Gasteiger partial charge >= 0.3 is 0 Å². The number of thioether (sulfide) groups is 1. The monoisotopic (exact) mass is 469 g/mol. The molecule has 2 heterocycles. The fourth-order valence-corrected chi connectivity index (χ4v) is 6.10. The molecule has 6 nitrogen and oxygen atoms in total. The predicted molar refractivity (Wildman–Crippen MR) is 109 cm³/mol. The third kappa shape index (κ3) is 4.57. The van der Waals surface area contributed by atoms with Crippen LogP contribution >= 0.6 is 27.7 Å². The fraction of sp³-hybridized carbons (Fsp3) is 0.444. The Morgan fingerprint density at radius 1 is 1.22 bits per heavy atom. The van der Waals surface area contributed by atoms with Crippen molar-refractivity contribution < 1.29 is 13.2 Å². The number of hydrogen-bond donors (Lipinski definition) is 1. The molecule has 0 radical (unpaired) electrons. The normalized spacial score (nSPS) is 21.3. The van der Waals surface area contributed by atoms with Gasteiger partial charge in [-0.2, -0.15) is 0 Å². The lowest BCUT2D eigenvalue weighted by Gasteiger charge is -2.28. The zero-order valence-electron chi connectivity index (χ0n) is 14.6. The Labute approximate surface area is 171 Å². The second kappa shape index (κ2) is 7.60. The van der Waals surface area contributed by atoms with Gasteiger partial charge in [-0.05, 0) is 37.0 Å². The summed E-state index contributed by atoms with van der Waals surface area (Å²) in [6.07, 6.45) is 4.27. The molecule has 1 amide bonds. The number of sulfone groups is 1. The number of halogens is 1. The summed E-state index contributed by atoms with van der Waals surface area (Å²) < 4.78 is 24.6. The molecule has 0 bridgehead atoms. The largest absolute Gasteiger partial charge is 0.335 e. The molecule has 2 fully saturated rings. The van der Waals surface area contributed by atoms with Gasteiger partial charge in [0.15, 0.2) is 15.0 Å². The van der Waals surface area contributed by atoms with Gasteiger partial charge in [0.05, 0.1) is 29.1 Å². The molecule has 1 aromatic carbocycles. The minimum Gasteiger partial charge on any atom is -0.335 e. The van der Waals surface area contributed by atoms with E-state index < -0.39 is 9.84 Å². The van der Waals surface area contributed by atoms with Crippen LogP contribution in [0.15, 0.2) is 40.1 Å². The Morgan fingerprint density at radius 3 is 2.59 bits per heavy atom. The number of nitrogens with one attached hydrogen (secondary N) is 1.